The standard InChI is InChI=1S/C26H38N4O3/c1-4-21(14-17-31)18-30-20(3)24(19(2)27-30)13-16-29-15-5-6-25(29)23-10-7-22(8-11-23)9-12-26(32)28-33/h7-12,21,25,31,33H,4-6,13-18H2,1-3H3,(H,28,32). The molecule has 1 amide bonds. The summed E-state index contributed by atoms with van der Waals surface area (Å²) in [6.45, 7) is 9.67. The highest BCUT2D eigenvalue weighted by Gasteiger charge is 2.26. The van der Waals surface area contributed by atoms with Gasteiger partial charge in [0, 0.05) is 37.5 Å². The van der Waals surface area contributed by atoms with Crippen molar-refractivity contribution in [1.29, 1.82) is 0 Å². The molecule has 1 aliphatic heterocycles. The van der Waals surface area contributed by atoms with Crippen LogP contribution in [0.15, 0.2) is 30.3 Å². The fraction of sp³-hybridized carbons (Fsp3) is 0.538. The van der Waals surface area contributed by atoms with Crippen LogP contribution in [0.5, 0.6) is 0 Å². The second kappa shape index (κ2) is 12.1. The number of hydroxylamine groups is 1. The van der Waals surface area contributed by atoms with Gasteiger partial charge in [-0.2, -0.15) is 5.10 Å². The average Bonchev–Trinajstić information content (AvgIpc) is 3.40. The number of nitrogens with zero attached hydrogens (tertiary/aromatic N) is 3. The Morgan fingerprint density at radius 3 is 2.73 bits per heavy atom. The van der Waals surface area contributed by atoms with Crippen LogP contribution in [-0.2, 0) is 17.8 Å². The van der Waals surface area contributed by atoms with Crippen LogP contribution in [0, 0.1) is 19.8 Å². The number of likely N-dealkylation sites (tertiary alicyclic amines) is 1. The number of benzene rings is 1. The number of nitrogens with one attached hydrogen (secondary N) is 1. The summed E-state index contributed by atoms with van der Waals surface area (Å²) >= 11 is 0. The van der Waals surface area contributed by atoms with Crippen LogP contribution in [0.3, 0.4) is 0 Å². The van der Waals surface area contributed by atoms with E-state index in [1.165, 1.54) is 29.3 Å². The molecule has 3 rings (SSSR count). The minimum atomic E-state index is -0.534. The summed E-state index contributed by atoms with van der Waals surface area (Å²) in [6, 6.07) is 8.72. The molecule has 0 spiro atoms. The molecule has 2 unspecified atom stereocenters. The molecule has 0 bridgehead atoms. The zero-order valence-electron chi connectivity index (χ0n) is 20.1. The number of carbonyl (C=O) groups excluding carboxylic acids is 1. The van der Waals surface area contributed by atoms with E-state index in [0.29, 0.717) is 12.0 Å². The zero-order chi connectivity index (χ0) is 23.8. The molecule has 3 N–H and O–H groups in total. The molecular weight excluding hydrogens is 416 g/mol. The van der Waals surface area contributed by atoms with Crippen molar-refractivity contribution in [2.24, 2.45) is 5.92 Å². The van der Waals surface area contributed by atoms with Crippen molar-refractivity contribution in [1.82, 2.24) is 20.2 Å². The van der Waals surface area contributed by atoms with Gasteiger partial charge in [-0.05, 0) is 74.8 Å². The number of rotatable bonds is 11. The summed E-state index contributed by atoms with van der Waals surface area (Å²) < 4.78 is 2.14. The lowest BCUT2D eigenvalue weighted by atomic mass is 10.0. The maximum atomic E-state index is 11.2. The third-order valence-corrected chi connectivity index (χ3v) is 6.95. The highest BCUT2D eigenvalue weighted by Crippen LogP contribution is 2.32. The molecule has 2 atom stereocenters. The smallest absolute Gasteiger partial charge is 0.267 e. The first-order valence-corrected chi connectivity index (χ1v) is 12.1. The van der Waals surface area contributed by atoms with E-state index in [0.717, 1.165) is 56.6 Å². The number of carbonyl (C=O) groups is 1. The lowest BCUT2D eigenvalue weighted by Gasteiger charge is -2.25. The van der Waals surface area contributed by atoms with Gasteiger partial charge in [0.25, 0.3) is 5.91 Å². The second-order valence-corrected chi connectivity index (χ2v) is 9.04. The van der Waals surface area contributed by atoms with Crippen molar-refractivity contribution >= 4 is 12.0 Å². The number of hydrogen-bond acceptors (Lipinski definition) is 5. The molecule has 2 aromatic rings. The monoisotopic (exact) mass is 454 g/mol. The zero-order valence-corrected chi connectivity index (χ0v) is 20.1. The van der Waals surface area contributed by atoms with Crippen LogP contribution >= 0.6 is 0 Å². The van der Waals surface area contributed by atoms with Gasteiger partial charge in [-0.25, -0.2) is 5.48 Å². The maximum Gasteiger partial charge on any atom is 0.267 e. The summed E-state index contributed by atoms with van der Waals surface area (Å²) in [5.41, 5.74) is 7.55. The van der Waals surface area contributed by atoms with Crippen molar-refractivity contribution < 1.29 is 15.1 Å². The SMILES string of the molecule is CCC(CCO)Cn1nc(C)c(CCN2CCCC2c2ccc(C=CC(=O)NO)cc2)c1C. The largest absolute Gasteiger partial charge is 0.396 e. The van der Waals surface area contributed by atoms with Gasteiger partial charge in [-0.1, -0.05) is 37.6 Å². The lowest BCUT2D eigenvalue weighted by molar-refractivity contribution is -0.124. The third-order valence-electron chi connectivity index (χ3n) is 6.95. The van der Waals surface area contributed by atoms with E-state index < -0.39 is 5.91 Å². The van der Waals surface area contributed by atoms with Crippen LogP contribution in [0.4, 0.5) is 0 Å². The van der Waals surface area contributed by atoms with Crippen molar-refractivity contribution in [3.05, 3.63) is 58.4 Å². The van der Waals surface area contributed by atoms with Gasteiger partial charge in [-0.15, -0.1) is 0 Å². The van der Waals surface area contributed by atoms with Gasteiger partial charge in [0.1, 0.15) is 0 Å². The van der Waals surface area contributed by atoms with E-state index >= 15 is 0 Å². The van der Waals surface area contributed by atoms with Gasteiger partial charge in [0.05, 0.1) is 5.69 Å². The lowest BCUT2D eigenvalue weighted by Crippen LogP contribution is -2.26. The number of hydrogen-bond donors (Lipinski definition) is 3. The first-order valence-electron chi connectivity index (χ1n) is 12.1. The van der Waals surface area contributed by atoms with Crippen molar-refractivity contribution in [3.8, 4) is 0 Å². The second-order valence-electron chi connectivity index (χ2n) is 9.04. The molecule has 7 nitrogen and oxygen atoms in total. The Bertz CT molecular complexity index is 936. The molecule has 0 aliphatic carbocycles. The normalized spacial score (nSPS) is 17.7. The molecule has 1 aliphatic rings. The van der Waals surface area contributed by atoms with Crippen molar-refractivity contribution in [3.63, 3.8) is 0 Å². The predicted octanol–water partition coefficient (Wildman–Crippen LogP) is 3.81. The Hall–Kier alpha value is -2.48. The summed E-state index contributed by atoms with van der Waals surface area (Å²) in [5.74, 6) is -0.0757. The number of amides is 1. The average molecular weight is 455 g/mol. The number of aliphatic hydroxyl groups excluding tert-OH is 1. The van der Waals surface area contributed by atoms with Gasteiger partial charge in [0.2, 0.25) is 0 Å². The Labute approximate surface area is 197 Å². The third kappa shape index (κ3) is 6.53. The van der Waals surface area contributed by atoms with Crippen LogP contribution < -0.4 is 5.48 Å². The summed E-state index contributed by atoms with van der Waals surface area (Å²) in [6.07, 6.45) is 8.21. The summed E-state index contributed by atoms with van der Waals surface area (Å²) in [5, 5.41) is 22.7. The fourth-order valence-electron chi connectivity index (χ4n) is 4.89. The first kappa shape index (κ1) is 25.1. The Morgan fingerprint density at radius 1 is 1.30 bits per heavy atom. The fourth-order valence-corrected chi connectivity index (χ4v) is 4.89. The van der Waals surface area contributed by atoms with Gasteiger partial charge in [0.15, 0.2) is 0 Å². The number of aliphatic hydroxyl groups is 1. The summed E-state index contributed by atoms with van der Waals surface area (Å²) in [7, 11) is 0. The molecule has 0 saturated carbocycles. The molecule has 1 aromatic heterocycles. The van der Waals surface area contributed by atoms with Gasteiger partial charge in [-0.3, -0.25) is 19.6 Å². The van der Waals surface area contributed by atoms with E-state index in [9.17, 15) is 9.90 Å². The first-order chi connectivity index (χ1) is 16.0. The van der Waals surface area contributed by atoms with E-state index in [4.69, 9.17) is 10.3 Å². The van der Waals surface area contributed by atoms with E-state index in [-0.39, 0.29) is 6.61 Å². The Morgan fingerprint density at radius 2 is 2.06 bits per heavy atom. The van der Waals surface area contributed by atoms with E-state index in [1.807, 2.05) is 12.1 Å². The number of aryl methyl sites for hydroxylation is 1. The highest BCUT2D eigenvalue weighted by molar-refractivity contribution is 5.90. The van der Waals surface area contributed by atoms with Crippen molar-refractivity contribution in [2.75, 3.05) is 19.7 Å². The summed E-state index contributed by atoms with van der Waals surface area (Å²) in [4.78, 5) is 13.7. The Kier molecular flexibility index (Phi) is 9.23. The van der Waals surface area contributed by atoms with E-state index in [2.05, 4.69) is 42.5 Å². The topological polar surface area (TPSA) is 90.6 Å². The Balaban J connectivity index is 1.63. The minimum absolute atomic E-state index is 0.232. The molecule has 0 radical (unpaired) electrons. The molecule has 1 aromatic carbocycles. The molecule has 1 saturated heterocycles. The number of aromatic nitrogens is 2. The molecule has 180 valence electrons. The van der Waals surface area contributed by atoms with Crippen molar-refractivity contribution in [2.45, 2.75) is 65.5 Å². The van der Waals surface area contributed by atoms with Crippen LogP contribution in [0.25, 0.3) is 6.08 Å². The van der Waals surface area contributed by atoms with Crippen LogP contribution in [-0.4, -0.2) is 50.6 Å². The molecule has 2 heterocycles. The molecular formula is C26H38N4O3. The highest BCUT2D eigenvalue weighted by atomic mass is 16.5. The quantitative estimate of drug-likeness (QED) is 0.273. The van der Waals surface area contributed by atoms with Gasteiger partial charge < -0.3 is 5.11 Å². The van der Waals surface area contributed by atoms with Gasteiger partial charge >= 0.3 is 0 Å². The maximum absolute atomic E-state index is 11.2. The van der Waals surface area contributed by atoms with Crippen LogP contribution in [0.2, 0.25) is 0 Å². The molecule has 1 fully saturated rings. The molecule has 7 heteroatoms. The van der Waals surface area contributed by atoms with Crippen LogP contribution in [0.1, 0.15) is 66.7 Å². The van der Waals surface area contributed by atoms with E-state index in [1.54, 1.807) is 11.6 Å². The predicted molar refractivity (Wildman–Crippen MR) is 130 cm³/mol. The minimum Gasteiger partial charge on any atom is -0.396 e. The molecule has 33 heavy (non-hydrogen) atoms.